The molecule has 4 aromatic rings. The van der Waals surface area contributed by atoms with Crippen LogP contribution in [0.5, 0.6) is 0 Å². The quantitative estimate of drug-likeness (QED) is 0.287. The summed E-state index contributed by atoms with van der Waals surface area (Å²) in [5, 5.41) is 0. The molecule has 0 amide bonds. The molecule has 0 saturated carbocycles. The average molecular weight is 416 g/mol. The maximum atomic E-state index is 3.86. The lowest BCUT2D eigenvalue weighted by molar-refractivity contribution is 0.990. The van der Waals surface area contributed by atoms with E-state index >= 15 is 0 Å². The highest BCUT2D eigenvalue weighted by Gasteiger charge is 2.43. The van der Waals surface area contributed by atoms with Crippen LogP contribution in [-0.2, 0) is 18.1 Å². The molecular formula is C30H27Si. The van der Waals surface area contributed by atoms with Crippen molar-refractivity contribution in [2.24, 2.45) is 0 Å². The van der Waals surface area contributed by atoms with E-state index in [0.717, 1.165) is 18.1 Å². The minimum Gasteiger partial charge on any atom is -0.0622 e. The van der Waals surface area contributed by atoms with Gasteiger partial charge in [0.1, 0.15) is 0 Å². The molecular weight excluding hydrogens is 388 g/mol. The van der Waals surface area contributed by atoms with Crippen molar-refractivity contribution in [3.63, 3.8) is 0 Å². The van der Waals surface area contributed by atoms with Crippen molar-refractivity contribution in [2.45, 2.75) is 23.7 Å². The first-order chi connectivity index (χ1) is 15.3. The lowest BCUT2D eigenvalue weighted by Gasteiger charge is -2.38. The summed E-state index contributed by atoms with van der Waals surface area (Å²) >= 11 is 0. The molecule has 1 radical (unpaired) electrons. The van der Waals surface area contributed by atoms with Crippen LogP contribution >= 0.6 is 0 Å². The Morgan fingerprint density at radius 2 is 0.935 bits per heavy atom. The Morgan fingerprint density at radius 1 is 0.516 bits per heavy atom. The molecule has 0 N–H and O–H groups in total. The van der Waals surface area contributed by atoms with Gasteiger partial charge in [-0.15, -0.1) is 0 Å². The SMILES string of the molecule is [C]1=Cc2ccccc2C1[Si](Cc1ccccc1)(Cc1ccccc1)Cc1ccccc1. The van der Waals surface area contributed by atoms with Gasteiger partial charge in [0.2, 0.25) is 0 Å². The van der Waals surface area contributed by atoms with Crippen LogP contribution in [-0.4, -0.2) is 8.07 Å². The molecule has 0 heterocycles. The summed E-state index contributed by atoms with van der Waals surface area (Å²) in [7, 11) is -1.98. The van der Waals surface area contributed by atoms with E-state index in [2.05, 4.69) is 127 Å². The first-order valence-corrected chi connectivity index (χ1v) is 13.8. The van der Waals surface area contributed by atoms with Crippen LogP contribution in [0.25, 0.3) is 6.08 Å². The smallest absolute Gasteiger partial charge is 0.0622 e. The van der Waals surface area contributed by atoms with Gasteiger partial charge in [-0.25, -0.2) is 0 Å². The van der Waals surface area contributed by atoms with E-state index in [1.54, 1.807) is 0 Å². The fourth-order valence-corrected chi connectivity index (χ4v) is 10.7. The van der Waals surface area contributed by atoms with Crippen molar-refractivity contribution < 1.29 is 0 Å². The second kappa shape index (κ2) is 8.91. The first kappa shape index (κ1) is 19.8. The van der Waals surface area contributed by atoms with E-state index in [4.69, 9.17) is 0 Å². The zero-order chi connectivity index (χ0) is 20.9. The summed E-state index contributed by atoms with van der Waals surface area (Å²) in [5.74, 6) is 0. The molecule has 1 heteroatoms. The number of rotatable bonds is 7. The van der Waals surface area contributed by atoms with E-state index in [1.807, 2.05) is 0 Å². The van der Waals surface area contributed by atoms with Crippen LogP contribution in [0.15, 0.2) is 115 Å². The van der Waals surface area contributed by atoms with Crippen LogP contribution in [0.2, 0.25) is 0 Å². The zero-order valence-electron chi connectivity index (χ0n) is 17.7. The summed E-state index contributed by atoms with van der Waals surface area (Å²) < 4.78 is 0. The zero-order valence-corrected chi connectivity index (χ0v) is 18.7. The van der Waals surface area contributed by atoms with Crippen LogP contribution < -0.4 is 0 Å². The Balaban J connectivity index is 1.65. The number of hydrogen-bond donors (Lipinski definition) is 0. The van der Waals surface area contributed by atoms with Crippen molar-refractivity contribution >= 4 is 14.1 Å². The van der Waals surface area contributed by atoms with Crippen LogP contribution in [0.1, 0.15) is 33.4 Å². The fraction of sp³-hybridized carbons (Fsp3) is 0.133. The number of benzene rings is 4. The van der Waals surface area contributed by atoms with Crippen LogP contribution in [0, 0.1) is 6.08 Å². The molecule has 0 aliphatic heterocycles. The van der Waals surface area contributed by atoms with E-state index in [-0.39, 0.29) is 0 Å². The van der Waals surface area contributed by atoms with Crippen molar-refractivity contribution in [3.05, 3.63) is 149 Å². The number of allylic oxidation sites excluding steroid dienone is 1. The largest absolute Gasteiger partial charge is 0.0794 e. The molecule has 4 aromatic carbocycles. The van der Waals surface area contributed by atoms with Gasteiger partial charge in [0.25, 0.3) is 0 Å². The summed E-state index contributed by atoms with van der Waals surface area (Å²) in [6, 6.07) is 45.7. The van der Waals surface area contributed by atoms with Gasteiger partial charge in [-0.3, -0.25) is 0 Å². The predicted octanol–water partition coefficient (Wildman–Crippen LogP) is 6.93. The molecule has 31 heavy (non-hydrogen) atoms. The second-order valence-corrected chi connectivity index (χ2v) is 13.1. The molecule has 1 aliphatic carbocycles. The van der Waals surface area contributed by atoms with E-state index < -0.39 is 8.07 Å². The van der Waals surface area contributed by atoms with E-state index in [0.29, 0.717) is 5.54 Å². The van der Waals surface area contributed by atoms with Gasteiger partial charge in [0.15, 0.2) is 0 Å². The molecule has 0 bridgehead atoms. The normalized spacial score (nSPS) is 15.0. The second-order valence-electron chi connectivity index (χ2n) is 8.72. The maximum Gasteiger partial charge on any atom is 0.0794 e. The third kappa shape index (κ3) is 4.33. The summed E-state index contributed by atoms with van der Waals surface area (Å²) in [5.41, 5.74) is 7.56. The third-order valence-corrected chi connectivity index (χ3v) is 11.6. The standard InChI is InChI=1S/C30H27Si/c1-4-12-25(13-5-1)22-31(23-26-14-6-2-7-15-26,24-27-16-8-3-9-17-27)30-21-20-28-18-10-11-19-29(28)30/h1-20,30H,22-24H2. The van der Waals surface area contributed by atoms with Gasteiger partial charge < -0.3 is 0 Å². The third-order valence-electron chi connectivity index (χ3n) is 6.52. The Morgan fingerprint density at radius 3 is 1.42 bits per heavy atom. The fourth-order valence-electron chi connectivity index (χ4n) is 5.18. The summed E-state index contributed by atoms with van der Waals surface area (Å²) in [6.07, 6.45) is 6.10. The Labute approximate surface area is 186 Å². The Kier molecular flexibility index (Phi) is 5.69. The van der Waals surface area contributed by atoms with Gasteiger partial charge >= 0.3 is 0 Å². The van der Waals surface area contributed by atoms with Crippen LogP contribution in [0.3, 0.4) is 0 Å². The van der Waals surface area contributed by atoms with E-state index in [1.165, 1.54) is 27.8 Å². The van der Waals surface area contributed by atoms with Crippen molar-refractivity contribution in [3.8, 4) is 0 Å². The minimum atomic E-state index is -1.98. The molecule has 5 rings (SSSR count). The topological polar surface area (TPSA) is 0 Å². The monoisotopic (exact) mass is 415 g/mol. The van der Waals surface area contributed by atoms with Gasteiger partial charge in [0, 0.05) is 5.54 Å². The average Bonchev–Trinajstić information content (AvgIpc) is 3.26. The first-order valence-electron chi connectivity index (χ1n) is 11.1. The highest BCUT2D eigenvalue weighted by atomic mass is 28.3. The molecule has 0 nitrogen and oxygen atoms in total. The summed E-state index contributed by atoms with van der Waals surface area (Å²) in [4.78, 5) is 0. The number of fused-ring (bicyclic) bond motifs is 1. The molecule has 0 saturated heterocycles. The molecule has 1 atom stereocenters. The number of hydrogen-bond acceptors (Lipinski definition) is 0. The molecule has 151 valence electrons. The van der Waals surface area contributed by atoms with Gasteiger partial charge in [-0.1, -0.05) is 138 Å². The van der Waals surface area contributed by atoms with Gasteiger partial charge in [0.05, 0.1) is 8.07 Å². The Bertz CT molecular complexity index is 1050. The van der Waals surface area contributed by atoms with Crippen molar-refractivity contribution in [2.75, 3.05) is 0 Å². The molecule has 1 aliphatic rings. The Hall–Kier alpha value is -3.16. The molecule has 0 aromatic heterocycles. The van der Waals surface area contributed by atoms with Gasteiger partial charge in [-0.2, -0.15) is 0 Å². The van der Waals surface area contributed by atoms with E-state index in [9.17, 15) is 0 Å². The highest BCUT2D eigenvalue weighted by Crippen LogP contribution is 2.41. The molecule has 1 unspecified atom stereocenters. The van der Waals surface area contributed by atoms with Gasteiger partial charge in [-0.05, 0) is 35.3 Å². The van der Waals surface area contributed by atoms with Crippen LogP contribution in [0.4, 0.5) is 0 Å². The predicted molar refractivity (Wildman–Crippen MR) is 133 cm³/mol. The maximum absolute atomic E-state index is 3.86. The minimum absolute atomic E-state index is 0.393. The lowest BCUT2D eigenvalue weighted by Crippen LogP contribution is -2.49. The lowest BCUT2D eigenvalue weighted by atomic mass is 10.1. The molecule has 0 spiro atoms. The van der Waals surface area contributed by atoms with Crippen molar-refractivity contribution in [1.82, 2.24) is 0 Å². The molecule has 0 fully saturated rings. The summed E-state index contributed by atoms with van der Waals surface area (Å²) in [6.45, 7) is 0. The highest BCUT2D eigenvalue weighted by molar-refractivity contribution is 6.80. The van der Waals surface area contributed by atoms with Crippen molar-refractivity contribution in [1.29, 1.82) is 0 Å².